The molecule has 0 aliphatic carbocycles. The zero-order valence-corrected chi connectivity index (χ0v) is 15.0. The molecular weight excluding hydrogens is 381 g/mol. The number of piperidine rings is 1. The number of nitrogens with one attached hydrogen (secondary N) is 1. The summed E-state index contributed by atoms with van der Waals surface area (Å²) in [6.07, 6.45) is -3.55. The summed E-state index contributed by atoms with van der Waals surface area (Å²) in [5.74, 6) is 0.229. The van der Waals surface area contributed by atoms with Crippen molar-refractivity contribution in [2.45, 2.75) is 23.9 Å². The molecule has 0 aromatic heterocycles. The number of Topliss-reactive ketones (excluding diaryl/α,β-unsaturated/α-hetero) is 1. The number of alkyl halides is 3. The lowest BCUT2D eigenvalue weighted by Gasteiger charge is -2.28. The van der Waals surface area contributed by atoms with Crippen molar-refractivity contribution in [3.8, 4) is 0 Å². The average Bonchev–Trinajstić information content (AvgIpc) is 2.62. The highest BCUT2D eigenvalue weighted by Gasteiger charge is 2.30. The number of carbonyl (C=O) groups excluding carboxylic acids is 1. The van der Waals surface area contributed by atoms with E-state index in [0.29, 0.717) is 31.6 Å². The number of benzene rings is 2. The lowest BCUT2D eigenvalue weighted by atomic mass is 10.1. The first-order valence-corrected chi connectivity index (χ1v) is 9.70. The molecule has 0 amide bonds. The predicted octanol–water partition coefficient (Wildman–Crippen LogP) is 3.68. The Morgan fingerprint density at radius 3 is 1.96 bits per heavy atom. The van der Waals surface area contributed by atoms with Crippen LogP contribution in [0.3, 0.4) is 0 Å². The van der Waals surface area contributed by atoms with E-state index < -0.39 is 21.8 Å². The van der Waals surface area contributed by atoms with E-state index in [2.05, 4.69) is 4.72 Å². The molecule has 27 heavy (non-hydrogen) atoms. The van der Waals surface area contributed by atoms with Crippen LogP contribution >= 0.6 is 0 Å². The van der Waals surface area contributed by atoms with Crippen LogP contribution in [0.5, 0.6) is 0 Å². The standard InChI is InChI=1S/C18H17F3N2O3S/c19-18(20,21)13-1-7-17(8-2-13)27(25,26)22-14-3-5-15(6-4-14)23-11-9-16(24)10-12-23/h1-8,22H,9-12H2. The second-order valence-corrected chi connectivity index (χ2v) is 7.88. The second kappa shape index (κ2) is 7.22. The number of sulfonamides is 1. The highest BCUT2D eigenvalue weighted by molar-refractivity contribution is 7.92. The van der Waals surface area contributed by atoms with Crippen molar-refractivity contribution in [1.82, 2.24) is 0 Å². The Bertz CT molecular complexity index is 914. The van der Waals surface area contributed by atoms with E-state index in [9.17, 15) is 26.4 Å². The average molecular weight is 398 g/mol. The predicted molar refractivity (Wildman–Crippen MR) is 95.1 cm³/mol. The summed E-state index contributed by atoms with van der Waals surface area (Å²) < 4.78 is 64.8. The minimum absolute atomic E-state index is 0.229. The molecule has 2 aromatic rings. The lowest BCUT2D eigenvalue weighted by Crippen LogP contribution is -2.33. The van der Waals surface area contributed by atoms with Crippen LogP contribution in [-0.2, 0) is 21.0 Å². The molecule has 3 rings (SSSR count). The smallest absolute Gasteiger partial charge is 0.371 e. The molecule has 0 radical (unpaired) electrons. The van der Waals surface area contributed by atoms with Crippen LogP contribution in [0.4, 0.5) is 24.5 Å². The zero-order valence-electron chi connectivity index (χ0n) is 14.2. The van der Waals surface area contributed by atoms with Gasteiger partial charge in [0.05, 0.1) is 10.5 Å². The Hall–Kier alpha value is -2.55. The van der Waals surface area contributed by atoms with Gasteiger partial charge in [-0.3, -0.25) is 9.52 Å². The molecule has 9 heteroatoms. The fourth-order valence-electron chi connectivity index (χ4n) is 2.79. The summed E-state index contributed by atoms with van der Waals surface area (Å²) in [4.78, 5) is 13.1. The van der Waals surface area contributed by atoms with Gasteiger partial charge < -0.3 is 4.90 Å². The molecule has 1 saturated heterocycles. The quantitative estimate of drug-likeness (QED) is 0.853. The molecule has 5 nitrogen and oxygen atoms in total. The first-order chi connectivity index (χ1) is 12.6. The van der Waals surface area contributed by atoms with Crippen LogP contribution in [0.25, 0.3) is 0 Å². The highest BCUT2D eigenvalue weighted by atomic mass is 32.2. The minimum atomic E-state index is -4.52. The Labute approximate surface area is 154 Å². The van der Waals surface area contributed by atoms with E-state index >= 15 is 0 Å². The molecule has 0 saturated carbocycles. The van der Waals surface area contributed by atoms with Crippen molar-refractivity contribution in [3.63, 3.8) is 0 Å². The molecule has 1 fully saturated rings. The summed E-state index contributed by atoms with van der Waals surface area (Å²) >= 11 is 0. The van der Waals surface area contributed by atoms with E-state index in [1.165, 1.54) is 0 Å². The summed E-state index contributed by atoms with van der Waals surface area (Å²) in [7, 11) is -4.00. The van der Waals surface area contributed by atoms with Crippen molar-refractivity contribution in [2.75, 3.05) is 22.7 Å². The summed E-state index contributed by atoms with van der Waals surface area (Å²) in [5.41, 5.74) is 0.262. The maximum absolute atomic E-state index is 12.6. The SMILES string of the molecule is O=C1CCN(c2ccc(NS(=O)(=O)c3ccc(C(F)(F)F)cc3)cc2)CC1. The fourth-order valence-corrected chi connectivity index (χ4v) is 3.85. The second-order valence-electron chi connectivity index (χ2n) is 6.20. The lowest BCUT2D eigenvalue weighted by molar-refractivity contribution is -0.137. The molecule has 144 valence electrons. The van der Waals surface area contributed by atoms with Crippen LogP contribution < -0.4 is 9.62 Å². The van der Waals surface area contributed by atoms with E-state index in [0.717, 1.165) is 30.0 Å². The van der Waals surface area contributed by atoms with Crippen LogP contribution in [0.15, 0.2) is 53.4 Å². The first-order valence-electron chi connectivity index (χ1n) is 8.22. The normalized spacial score (nSPS) is 15.7. The van der Waals surface area contributed by atoms with Crippen LogP contribution in [0.2, 0.25) is 0 Å². The Morgan fingerprint density at radius 2 is 1.44 bits per heavy atom. The van der Waals surface area contributed by atoms with Gasteiger partial charge in [-0.2, -0.15) is 13.2 Å². The number of rotatable bonds is 4. The van der Waals surface area contributed by atoms with Crippen LogP contribution in [0.1, 0.15) is 18.4 Å². The molecule has 0 spiro atoms. The number of ketones is 1. The molecule has 0 atom stereocenters. The number of nitrogens with zero attached hydrogens (tertiary/aromatic N) is 1. The summed E-state index contributed by atoms with van der Waals surface area (Å²) in [6.45, 7) is 1.24. The molecule has 2 aromatic carbocycles. The van der Waals surface area contributed by atoms with E-state index in [1.54, 1.807) is 24.3 Å². The maximum atomic E-state index is 12.6. The van der Waals surface area contributed by atoms with E-state index in [4.69, 9.17) is 0 Å². The monoisotopic (exact) mass is 398 g/mol. The van der Waals surface area contributed by atoms with Crippen LogP contribution in [0, 0.1) is 0 Å². The van der Waals surface area contributed by atoms with Crippen molar-refractivity contribution in [1.29, 1.82) is 0 Å². The largest absolute Gasteiger partial charge is 0.416 e. The van der Waals surface area contributed by atoms with Crippen molar-refractivity contribution >= 4 is 27.2 Å². The van der Waals surface area contributed by atoms with Gasteiger partial charge in [0.2, 0.25) is 0 Å². The van der Waals surface area contributed by atoms with Gasteiger partial charge in [-0.25, -0.2) is 8.42 Å². The van der Waals surface area contributed by atoms with Gasteiger partial charge in [-0.05, 0) is 48.5 Å². The van der Waals surface area contributed by atoms with E-state index in [-0.39, 0.29) is 10.7 Å². The number of carbonyl (C=O) groups is 1. The third-order valence-electron chi connectivity index (χ3n) is 4.30. The summed E-state index contributed by atoms with van der Waals surface area (Å²) in [5, 5.41) is 0. The minimum Gasteiger partial charge on any atom is -0.371 e. The zero-order chi connectivity index (χ0) is 19.7. The third kappa shape index (κ3) is 4.60. The van der Waals surface area contributed by atoms with Gasteiger partial charge in [0.25, 0.3) is 10.0 Å². The van der Waals surface area contributed by atoms with Gasteiger partial charge in [-0.1, -0.05) is 0 Å². The Balaban J connectivity index is 1.71. The van der Waals surface area contributed by atoms with Gasteiger partial charge in [0, 0.05) is 37.3 Å². The highest BCUT2D eigenvalue weighted by Crippen LogP contribution is 2.30. The van der Waals surface area contributed by atoms with Crippen molar-refractivity contribution in [3.05, 3.63) is 54.1 Å². The maximum Gasteiger partial charge on any atom is 0.416 e. The number of anilines is 2. The van der Waals surface area contributed by atoms with Gasteiger partial charge >= 0.3 is 6.18 Å². The van der Waals surface area contributed by atoms with Gasteiger partial charge in [0.15, 0.2) is 0 Å². The molecular formula is C18H17F3N2O3S. The molecule has 1 N–H and O–H groups in total. The van der Waals surface area contributed by atoms with Crippen LogP contribution in [-0.4, -0.2) is 27.3 Å². The fraction of sp³-hybridized carbons (Fsp3) is 0.278. The molecule has 0 unspecified atom stereocenters. The number of hydrogen-bond acceptors (Lipinski definition) is 4. The molecule has 1 heterocycles. The van der Waals surface area contributed by atoms with Crippen molar-refractivity contribution in [2.24, 2.45) is 0 Å². The first kappa shape index (κ1) is 19.2. The van der Waals surface area contributed by atoms with Gasteiger partial charge in [-0.15, -0.1) is 0 Å². The molecule has 1 aliphatic rings. The Kier molecular flexibility index (Phi) is 5.14. The number of hydrogen-bond donors (Lipinski definition) is 1. The number of halogens is 3. The third-order valence-corrected chi connectivity index (χ3v) is 5.69. The van der Waals surface area contributed by atoms with Gasteiger partial charge in [0.1, 0.15) is 5.78 Å². The topological polar surface area (TPSA) is 66.5 Å². The van der Waals surface area contributed by atoms with Crippen molar-refractivity contribution < 1.29 is 26.4 Å². The van der Waals surface area contributed by atoms with E-state index in [1.807, 2.05) is 4.90 Å². The summed E-state index contributed by atoms with van der Waals surface area (Å²) in [6, 6.07) is 9.93. The Morgan fingerprint density at radius 1 is 0.889 bits per heavy atom. The molecule has 1 aliphatic heterocycles. The molecule has 0 bridgehead atoms.